The van der Waals surface area contributed by atoms with Crippen molar-refractivity contribution in [2.45, 2.75) is 4.90 Å². The van der Waals surface area contributed by atoms with Gasteiger partial charge in [0.2, 0.25) is 0 Å². The van der Waals surface area contributed by atoms with Crippen LogP contribution in [0.5, 0.6) is 11.5 Å². The van der Waals surface area contributed by atoms with E-state index in [1.807, 2.05) is 0 Å². The van der Waals surface area contributed by atoms with Crippen LogP contribution in [0.25, 0.3) is 0 Å². The number of halogens is 1. The first-order chi connectivity index (χ1) is 14.0. The molecular formula is C20H25FN2O5S. The van der Waals surface area contributed by atoms with Crippen LogP contribution in [0.1, 0.15) is 0 Å². The summed E-state index contributed by atoms with van der Waals surface area (Å²) in [5.41, 5.74) is 0.468. The average Bonchev–Trinajstić information content (AvgIpc) is 2.74. The first-order valence-electron chi connectivity index (χ1n) is 9.27. The van der Waals surface area contributed by atoms with Crippen molar-refractivity contribution in [1.82, 2.24) is 4.90 Å². The Morgan fingerprint density at radius 1 is 1.07 bits per heavy atom. The first kappa shape index (κ1) is 21.4. The van der Waals surface area contributed by atoms with E-state index in [9.17, 15) is 12.8 Å². The smallest absolute Gasteiger partial charge is 0.267 e. The molecule has 158 valence electrons. The summed E-state index contributed by atoms with van der Waals surface area (Å²) >= 11 is 0. The maximum atomic E-state index is 14.8. The van der Waals surface area contributed by atoms with Crippen LogP contribution in [-0.4, -0.2) is 66.9 Å². The van der Waals surface area contributed by atoms with E-state index in [2.05, 4.69) is 4.90 Å². The van der Waals surface area contributed by atoms with Crippen LogP contribution in [0, 0.1) is 5.82 Å². The molecule has 0 radical (unpaired) electrons. The highest BCUT2D eigenvalue weighted by Crippen LogP contribution is 2.34. The molecular weight excluding hydrogens is 399 g/mol. The molecule has 2 aromatic carbocycles. The third-order valence-electron chi connectivity index (χ3n) is 4.77. The van der Waals surface area contributed by atoms with Crippen molar-refractivity contribution in [2.24, 2.45) is 0 Å². The van der Waals surface area contributed by atoms with Crippen molar-refractivity contribution < 1.29 is 27.0 Å². The van der Waals surface area contributed by atoms with Gasteiger partial charge in [-0.25, -0.2) is 12.8 Å². The van der Waals surface area contributed by atoms with E-state index in [0.717, 1.165) is 25.2 Å². The maximum Gasteiger partial charge on any atom is 0.267 e. The van der Waals surface area contributed by atoms with Crippen molar-refractivity contribution >= 4 is 15.7 Å². The molecule has 3 rings (SSSR count). The van der Waals surface area contributed by atoms with E-state index in [1.165, 1.54) is 18.5 Å². The van der Waals surface area contributed by atoms with E-state index in [1.54, 1.807) is 30.3 Å². The number of benzene rings is 2. The van der Waals surface area contributed by atoms with E-state index < -0.39 is 20.7 Å². The zero-order valence-corrected chi connectivity index (χ0v) is 17.3. The third-order valence-corrected chi connectivity index (χ3v) is 6.62. The fourth-order valence-electron chi connectivity index (χ4n) is 3.19. The molecule has 0 N–H and O–H groups in total. The Kier molecular flexibility index (Phi) is 6.94. The molecule has 7 nitrogen and oxygen atoms in total. The second kappa shape index (κ2) is 9.43. The minimum atomic E-state index is -4.18. The highest BCUT2D eigenvalue weighted by molar-refractivity contribution is 7.92. The Bertz CT molecular complexity index is 918. The molecule has 1 fully saturated rings. The third kappa shape index (κ3) is 4.80. The van der Waals surface area contributed by atoms with Gasteiger partial charge in [0.1, 0.15) is 10.7 Å². The summed E-state index contributed by atoms with van der Waals surface area (Å²) in [6.45, 7) is 3.37. The van der Waals surface area contributed by atoms with Crippen LogP contribution in [-0.2, 0) is 14.8 Å². The summed E-state index contributed by atoms with van der Waals surface area (Å²) in [6, 6.07) is 10.9. The molecule has 0 atom stereocenters. The Hall–Kier alpha value is -2.36. The van der Waals surface area contributed by atoms with Crippen molar-refractivity contribution in [3.63, 3.8) is 0 Å². The quantitative estimate of drug-likeness (QED) is 0.648. The van der Waals surface area contributed by atoms with Crippen molar-refractivity contribution in [3.05, 3.63) is 48.3 Å². The lowest BCUT2D eigenvalue weighted by atomic mass is 10.3. The Labute approximate surface area is 170 Å². The highest BCUT2D eigenvalue weighted by atomic mass is 32.2. The highest BCUT2D eigenvalue weighted by Gasteiger charge is 2.30. The van der Waals surface area contributed by atoms with E-state index in [4.69, 9.17) is 14.2 Å². The van der Waals surface area contributed by atoms with Crippen LogP contribution in [0.4, 0.5) is 10.1 Å². The number of methoxy groups -OCH3 is 2. The average molecular weight is 424 g/mol. The van der Waals surface area contributed by atoms with Crippen molar-refractivity contribution in [3.8, 4) is 11.5 Å². The Morgan fingerprint density at radius 2 is 1.69 bits per heavy atom. The zero-order chi connectivity index (χ0) is 20.9. The van der Waals surface area contributed by atoms with Gasteiger partial charge < -0.3 is 14.2 Å². The molecule has 1 heterocycles. The van der Waals surface area contributed by atoms with Gasteiger partial charge in [-0.05, 0) is 12.1 Å². The van der Waals surface area contributed by atoms with Crippen LogP contribution in [0.15, 0.2) is 47.4 Å². The lowest BCUT2D eigenvalue weighted by Crippen LogP contribution is -2.43. The normalized spacial score (nSPS) is 15.1. The predicted octanol–water partition coefficient (Wildman–Crippen LogP) is 2.37. The van der Waals surface area contributed by atoms with Crippen LogP contribution >= 0.6 is 0 Å². The number of ether oxygens (including phenoxy) is 3. The van der Waals surface area contributed by atoms with Crippen LogP contribution in [0.3, 0.4) is 0 Å². The largest absolute Gasteiger partial charge is 0.493 e. The molecule has 0 bridgehead atoms. The minimum absolute atomic E-state index is 0.128. The molecule has 0 unspecified atom stereocenters. The fraction of sp³-hybridized carbons (Fsp3) is 0.400. The predicted molar refractivity (Wildman–Crippen MR) is 108 cm³/mol. The summed E-state index contributed by atoms with van der Waals surface area (Å²) in [5.74, 6) is -0.618. The summed E-state index contributed by atoms with van der Waals surface area (Å²) in [6.07, 6.45) is 0. The van der Waals surface area contributed by atoms with Gasteiger partial charge >= 0.3 is 0 Å². The van der Waals surface area contributed by atoms with Gasteiger partial charge in [-0.15, -0.1) is 0 Å². The number of morpholine rings is 1. The summed E-state index contributed by atoms with van der Waals surface area (Å²) in [5, 5.41) is 0. The molecule has 1 aliphatic rings. The topological polar surface area (TPSA) is 68.3 Å². The minimum Gasteiger partial charge on any atom is -0.493 e. The monoisotopic (exact) mass is 424 g/mol. The molecule has 9 heteroatoms. The molecule has 29 heavy (non-hydrogen) atoms. The van der Waals surface area contributed by atoms with E-state index in [0.29, 0.717) is 25.4 Å². The number of rotatable bonds is 8. The molecule has 1 saturated heterocycles. The number of anilines is 1. The number of nitrogens with zero attached hydrogens (tertiary/aromatic N) is 2. The van der Waals surface area contributed by atoms with Crippen LogP contribution in [0.2, 0.25) is 0 Å². The standard InChI is InChI=1S/C20H25FN2O5S/c1-26-18-14-17(21)20(15-19(18)27-2)29(24,25)23(16-6-4-3-5-7-16)9-8-22-10-12-28-13-11-22/h3-7,14-15H,8-13H2,1-2H3. The van der Waals surface area contributed by atoms with Gasteiger partial charge in [0.25, 0.3) is 10.0 Å². The van der Waals surface area contributed by atoms with Crippen molar-refractivity contribution in [1.29, 1.82) is 0 Å². The van der Waals surface area contributed by atoms with Gasteiger partial charge in [-0.2, -0.15) is 0 Å². The van der Waals surface area contributed by atoms with Gasteiger partial charge in [0.05, 0.1) is 33.1 Å². The molecule has 0 spiro atoms. The molecule has 0 aromatic heterocycles. The van der Waals surface area contributed by atoms with Gasteiger partial charge in [-0.1, -0.05) is 18.2 Å². The van der Waals surface area contributed by atoms with E-state index >= 15 is 0 Å². The Balaban J connectivity index is 1.97. The zero-order valence-electron chi connectivity index (χ0n) is 16.5. The Morgan fingerprint density at radius 3 is 2.31 bits per heavy atom. The lowest BCUT2D eigenvalue weighted by molar-refractivity contribution is 0.0395. The van der Waals surface area contributed by atoms with Gasteiger partial charge in [0, 0.05) is 38.3 Å². The fourth-order valence-corrected chi connectivity index (χ4v) is 4.71. The lowest BCUT2D eigenvalue weighted by Gasteiger charge is -2.31. The molecule has 2 aromatic rings. The molecule has 0 saturated carbocycles. The molecule has 1 aliphatic heterocycles. The molecule has 0 aliphatic carbocycles. The maximum absolute atomic E-state index is 14.8. The molecule has 0 amide bonds. The van der Waals surface area contributed by atoms with Crippen molar-refractivity contribution in [2.75, 3.05) is 57.9 Å². The first-order valence-corrected chi connectivity index (χ1v) is 10.7. The second-order valence-corrected chi connectivity index (χ2v) is 8.34. The van der Waals surface area contributed by atoms with E-state index in [-0.39, 0.29) is 18.0 Å². The SMILES string of the molecule is COc1cc(F)c(S(=O)(=O)N(CCN2CCOCC2)c2ccccc2)cc1OC. The summed E-state index contributed by atoms with van der Waals surface area (Å²) in [7, 11) is -1.44. The number of sulfonamides is 1. The van der Waals surface area contributed by atoms with Crippen LogP contribution < -0.4 is 13.8 Å². The number of hydrogen-bond acceptors (Lipinski definition) is 6. The summed E-state index contributed by atoms with van der Waals surface area (Å²) in [4.78, 5) is 1.67. The number of para-hydroxylation sites is 1. The summed E-state index contributed by atoms with van der Waals surface area (Å²) < 4.78 is 58.4. The second-order valence-electron chi connectivity index (χ2n) is 6.50. The van der Waals surface area contributed by atoms with Gasteiger partial charge in [0.15, 0.2) is 11.5 Å². The number of hydrogen-bond donors (Lipinski definition) is 0. The van der Waals surface area contributed by atoms with Gasteiger partial charge in [-0.3, -0.25) is 9.21 Å².